The Kier molecular flexibility index (Phi) is 10.0. The molecule has 1 saturated heterocycles. The first-order valence-corrected chi connectivity index (χ1v) is 14.5. The molecule has 1 heterocycles. The van der Waals surface area contributed by atoms with E-state index in [1.165, 1.54) is 6.92 Å². The molecule has 2 atom stereocenters. The van der Waals surface area contributed by atoms with Crippen molar-refractivity contribution in [3.63, 3.8) is 0 Å². The Bertz CT molecular complexity index is 1330. The van der Waals surface area contributed by atoms with Crippen LogP contribution in [0.15, 0.2) is 66.7 Å². The quantitative estimate of drug-likeness (QED) is 0.278. The van der Waals surface area contributed by atoms with Crippen LogP contribution in [0.3, 0.4) is 0 Å². The smallest absolute Gasteiger partial charge is 0.253 e. The van der Waals surface area contributed by atoms with Crippen molar-refractivity contribution in [3.8, 4) is 11.1 Å². The summed E-state index contributed by atoms with van der Waals surface area (Å²) in [6.07, 6.45) is 2.59. The molecule has 1 aliphatic heterocycles. The van der Waals surface area contributed by atoms with Gasteiger partial charge in [-0.25, -0.2) is 0 Å². The molecule has 3 aromatic carbocycles. The number of hydrogen-bond acceptors (Lipinski definition) is 4. The molecule has 3 aromatic rings. The number of rotatable bonds is 10. The van der Waals surface area contributed by atoms with Crippen LogP contribution in [0.2, 0.25) is 5.02 Å². The van der Waals surface area contributed by atoms with Crippen LogP contribution >= 0.6 is 11.6 Å². The molecule has 212 valence electrons. The van der Waals surface area contributed by atoms with Gasteiger partial charge >= 0.3 is 0 Å². The highest BCUT2D eigenvalue weighted by atomic mass is 35.5. The number of carbonyl (C=O) groups excluding carboxylic acids is 2. The number of aliphatic hydroxyl groups is 1. The van der Waals surface area contributed by atoms with Gasteiger partial charge in [0.1, 0.15) is 0 Å². The molecule has 2 amide bonds. The Labute approximate surface area is 242 Å². The highest BCUT2D eigenvalue weighted by Gasteiger charge is 2.43. The number of aryl methyl sites for hydroxylation is 1. The molecule has 6 nitrogen and oxygen atoms in total. The van der Waals surface area contributed by atoms with E-state index < -0.39 is 5.60 Å². The van der Waals surface area contributed by atoms with Crippen molar-refractivity contribution in [2.75, 3.05) is 26.7 Å². The lowest BCUT2D eigenvalue weighted by Gasteiger charge is -2.44. The number of benzene rings is 3. The minimum absolute atomic E-state index is 0.0219. The fourth-order valence-electron chi connectivity index (χ4n) is 5.86. The summed E-state index contributed by atoms with van der Waals surface area (Å²) in [5.41, 5.74) is 4.16. The maximum atomic E-state index is 13.6. The zero-order valence-corrected chi connectivity index (χ0v) is 24.4. The Morgan fingerprint density at radius 2 is 1.85 bits per heavy atom. The molecule has 1 fully saturated rings. The first kappa shape index (κ1) is 29.8. The van der Waals surface area contributed by atoms with E-state index in [0.29, 0.717) is 43.1 Å². The Balaban J connectivity index is 1.68. The van der Waals surface area contributed by atoms with Crippen LogP contribution in [0.4, 0.5) is 0 Å². The lowest BCUT2D eigenvalue weighted by atomic mass is 9.72. The average Bonchev–Trinajstić information content (AvgIpc) is 2.95. The molecule has 0 aliphatic carbocycles. The largest absolute Gasteiger partial charge is 0.385 e. The van der Waals surface area contributed by atoms with Crippen LogP contribution in [0, 0.1) is 12.8 Å². The number of amides is 2. The second kappa shape index (κ2) is 13.4. The Morgan fingerprint density at radius 1 is 1.10 bits per heavy atom. The van der Waals surface area contributed by atoms with E-state index in [1.54, 1.807) is 0 Å². The second-order valence-electron chi connectivity index (χ2n) is 10.9. The van der Waals surface area contributed by atoms with E-state index in [9.17, 15) is 14.7 Å². The third-order valence-corrected chi connectivity index (χ3v) is 8.18. The summed E-state index contributed by atoms with van der Waals surface area (Å²) >= 11 is 6.82. The number of nitrogens with zero attached hydrogens (tertiary/aromatic N) is 1. The van der Waals surface area contributed by atoms with Gasteiger partial charge in [-0.2, -0.15) is 0 Å². The van der Waals surface area contributed by atoms with E-state index in [-0.39, 0.29) is 17.7 Å². The summed E-state index contributed by atoms with van der Waals surface area (Å²) < 4.78 is 0. The molecular weight excluding hydrogens is 522 g/mol. The van der Waals surface area contributed by atoms with Gasteiger partial charge in [0.2, 0.25) is 5.91 Å². The standard InChI is InChI=1S/C33H40ClN3O3/c1-23-8-4-9-27(20-23)31-29(11-5-12-30(31)34)33(40,17-7-18-36-24(2)38)28-10-6-19-37(22-28)32(39)26-15-13-25(14-16-26)21-35-3/h4-5,8-9,11-16,20,28,35,40H,6-7,10,17-19,21-22H2,1-3H3,(H,36,38)/t28-,33+/m1/s1. The van der Waals surface area contributed by atoms with Crippen LogP contribution in [0.1, 0.15) is 59.7 Å². The molecule has 0 radical (unpaired) electrons. The van der Waals surface area contributed by atoms with Gasteiger partial charge in [-0.05, 0) is 74.5 Å². The van der Waals surface area contributed by atoms with Crippen molar-refractivity contribution in [2.45, 2.75) is 51.7 Å². The summed E-state index contributed by atoms with van der Waals surface area (Å²) in [5, 5.41) is 19.2. The van der Waals surface area contributed by atoms with Gasteiger partial charge in [-0.3, -0.25) is 9.59 Å². The number of halogens is 1. The molecule has 1 aliphatic rings. The van der Waals surface area contributed by atoms with Crippen molar-refractivity contribution in [1.29, 1.82) is 0 Å². The SMILES string of the molecule is CNCc1ccc(C(=O)N2CCC[C@@H]([C@@](O)(CCCNC(C)=O)c3cccc(Cl)c3-c3cccc(C)c3)C2)cc1. The minimum Gasteiger partial charge on any atom is -0.385 e. The van der Waals surface area contributed by atoms with Crippen LogP contribution in [0.5, 0.6) is 0 Å². The van der Waals surface area contributed by atoms with E-state index >= 15 is 0 Å². The topological polar surface area (TPSA) is 81.7 Å². The highest BCUT2D eigenvalue weighted by Crippen LogP contribution is 2.45. The molecule has 0 saturated carbocycles. The van der Waals surface area contributed by atoms with Gasteiger partial charge in [-0.1, -0.05) is 65.7 Å². The number of likely N-dealkylation sites (tertiary alicyclic amines) is 1. The van der Waals surface area contributed by atoms with Gasteiger partial charge < -0.3 is 20.6 Å². The predicted molar refractivity (Wildman–Crippen MR) is 161 cm³/mol. The van der Waals surface area contributed by atoms with Gasteiger partial charge in [0.05, 0.1) is 5.60 Å². The first-order valence-electron chi connectivity index (χ1n) is 14.1. The van der Waals surface area contributed by atoms with Gasteiger partial charge in [0.15, 0.2) is 0 Å². The van der Waals surface area contributed by atoms with E-state index in [2.05, 4.69) is 16.7 Å². The lowest BCUT2D eigenvalue weighted by molar-refractivity contribution is -0.119. The summed E-state index contributed by atoms with van der Waals surface area (Å²) in [4.78, 5) is 27.0. The summed E-state index contributed by atoms with van der Waals surface area (Å²) in [6.45, 7) is 5.83. The predicted octanol–water partition coefficient (Wildman–Crippen LogP) is 5.69. The first-order chi connectivity index (χ1) is 19.2. The van der Waals surface area contributed by atoms with Crippen molar-refractivity contribution in [2.24, 2.45) is 5.92 Å². The number of piperidine rings is 1. The maximum Gasteiger partial charge on any atom is 0.253 e. The highest BCUT2D eigenvalue weighted by molar-refractivity contribution is 6.33. The summed E-state index contributed by atoms with van der Waals surface area (Å²) in [5.74, 6) is -0.318. The van der Waals surface area contributed by atoms with E-state index in [4.69, 9.17) is 11.6 Å². The van der Waals surface area contributed by atoms with E-state index in [0.717, 1.165) is 47.2 Å². The van der Waals surface area contributed by atoms with Crippen molar-refractivity contribution in [1.82, 2.24) is 15.5 Å². The normalized spacial score (nSPS) is 16.8. The molecule has 0 aromatic heterocycles. The fraction of sp³-hybridized carbons (Fsp3) is 0.394. The van der Waals surface area contributed by atoms with Gasteiger partial charge in [-0.15, -0.1) is 0 Å². The lowest BCUT2D eigenvalue weighted by Crippen LogP contribution is -2.48. The monoisotopic (exact) mass is 561 g/mol. The molecule has 0 unspecified atom stereocenters. The molecular formula is C33H40ClN3O3. The fourth-order valence-corrected chi connectivity index (χ4v) is 6.15. The zero-order chi connectivity index (χ0) is 28.7. The Morgan fingerprint density at radius 3 is 2.55 bits per heavy atom. The molecule has 4 rings (SSSR count). The second-order valence-corrected chi connectivity index (χ2v) is 11.3. The molecule has 0 spiro atoms. The number of carbonyl (C=O) groups is 2. The van der Waals surface area contributed by atoms with Crippen molar-refractivity contribution >= 4 is 23.4 Å². The third-order valence-electron chi connectivity index (χ3n) is 7.86. The van der Waals surface area contributed by atoms with Crippen molar-refractivity contribution in [3.05, 3.63) is 94.0 Å². The minimum atomic E-state index is -1.25. The Hall–Kier alpha value is -3.19. The van der Waals surface area contributed by atoms with Crippen LogP contribution in [-0.2, 0) is 16.9 Å². The van der Waals surface area contributed by atoms with Gasteiger partial charge in [0.25, 0.3) is 5.91 Å². The summed E-state index contributed by atoms with van der Waals surface area (Å²) in [6, 6.07) is 21.5. The van der Waals surface area contributed by atoms with E-state index in [1.807, 2.05) is 79.5 Å². The van der Waals surface area contributed by atoms with Crippen LogP contribution in [-0.4, -0.2) is 48.5 Å². The average molecular weight is 562 g/mol. The summed E-state index contributed by atoms with van der Waals surface area (Å²) in [7, 11) is 1.90. The molecule has 0 bridgehead atoms. The van der Waals surface area contributed by atoms with Crippen LogP contribution in [0.25, 0.3) is 11.1 Å². The molecule has 40 heavy (non-hydrogen) atoms. The van der Waals surface area contributed by atoms with Gasteiger partial charge in [0, 0.05) is 55.2 Å². The third kappa shape index (κ3) is 6.92. The number of hydrogen-bond donors (Lipinski definition) is 3. The van der Waals surface area contributed by atoms with Crippen molar-refractivity contribution < 1.29 is 14.7 Å². The zero-order valence-electron chi connectivity index (χ0n) is 23.7. The molecule has 3 N–H and O–H groups in total. The van der Waals surface area contributed by atoms with Crippen LogP contribution < -0.4 is 10.6 Å². The maximum absolute atomic E-state index is 13.6. The number of nitrogens with one attached hydrogen (secondary N) is 2. The molecule has 7 heteroatoms.